The quantitative estimate of drug-likeness (QED) is 0.919. The Hall–Kier alpha value is -2.14. The van der Waals surface area contributed by atoms with Gasteiger partial charge in [-0.2, -0.15) is 0 Å². The lowest BCUT2D eigenvalue weighted by Gasteiger charge is -2.28. The highest BCUT2D eigenvalue weighted by Gasteiger charge is 2.15. The summed E-state index contributed by atoms with van der Waals surface area (Å²) in [7, 11) is 0. The van der Waals surface area contributed by atoms with Crippen LogP contribution in [-0.4, -0.2) is 40.1 Å². The van der Waals surface area contributed by atoms with Crippen LogP contribution < -0.4 is 5.32 Å². The van der Waals surface area contributed by atoms with E-state index < -0.39 is 0 Å². The molecule has 0 spiro atoms. The lowest BCUT2D eigenvalue weighted by molar-refractivity contribution is 0.232. The first-order chi connectivity index (χ1) is 9.83. The Bertz CT molecular complexity index is 579. The molecular formula is C15H18N4O. The lowest BCUT2D eigenvalue weighted by atomic mass is 10.00. The number of carbonyl (C=O) groups excluding carboxylic acids is 1. The molecule has 0 bridgehead atoms. The van der Waals surface area contributed by atoms with E-state index in [4.69, 9.17) is 0 Å². The Morgan fingerprint density at radius 1 is 1.30 bits per heavy atom. The van der Waals surface area contributed by atoms with Gasteiger partial charge in [-0.15, -0.1) is 0 Å². The highest BCUT2D eigenvalue weighted by atomic mass is 16.2. The standard InChI is InChI=1S/C15H18N4O/c20-15(19-10-6-16-12-19)17-7-9-18-8-5-13-3-1-2-4-14(13)11-18/h1-4,6,10,12H,5,7-9,11H2,(H,17,20). The predicted molar refractivity (Wildman–Crippen MR) is 76.4 cm³/mol. The Kier molecular flexibility index (Phi) is 3.78. The summed E-state index contributed by atoms with van der Waals surface area (Å²) in [6, 6.07) is 8.45. The van der Waals surface area contributed by atoms with Gasteiger partial charge in [-0.25, -0.2) is 9.78 Å². The summed E-state index contributed by atoms with van der Waals surface area (Å²) in [5.41, 5.74) is 2.85. The SMILES string of the molecule is O=C(NCCN1CCc2ccccc2C1)n1ccnc1. The fraction of sp³-hybridized carbons (Fsp3) is 0.333. The van der Waals surface area contributed by atoms with Crippen molar-refractivity contribution in [2.45, 2.75) is 13.0 Å². The number of amides is 1. The van der Waals surface area contributed by atoms with Crippen LogP contribution >= 0.6 is 0 Å². The molecule has 5 heteroatoms. The maximum Gasteiger partial charge on any atom is 0.326 e. The van der Waals surface area contributed by atoms with E-state index in [0.717, 1.165) is 26.1 Å². The Balaban J connectivity index is 1.47. The average Bonchev–Trinajstić information content (AvgIpc) is 3.01. The van der Waals surface area contributed by atoms with Gasteiger partial charge < -0.3 is 5.32 Å². The second kappa shape index (κ2) is 5.88. The highest BCUT2D eigenvalue weighted by Crippen LogP contribution is 2.17. The van der Waals surface area contributed by atoms with E-state index in [2.05, 4.69) is 39.5 Å². The van der Waals surface area contributed by atoms with Crippen molar-refractivity contribution >= 4 is 6.03 Å². The molecule has 0 aliphatic carbocycles. The molecule has 1 N–H and O–H groups in total. The number of hydrogen-bond acceptors (Lipinski definition) is 3. The van der Waals surface area contributed by atoms with Crippen LogP contribution in [0.15, 0.2) is 43.0 Å². The maximum absolute atomic E-state index is 11.7. The molecule has 3 rings (SSSR count). The van der Waals surface area contributed by atoms with Gasteiger partial charge in [0.15, 0.2) is 0 Å². The van der Waals surface area contributed by atoms with E-state index in [9.17, 15) is 4.79 Å². The first-order valence-electron chi connectivity index (χ1n) is 6.88. The predicted octanol–water partition coefficient (Wildman–Crippen LogP) is 1.50. The van der Waals surface area contributed by atoms with Crippen molar-refractivity contribution < 1.29 is 4.79 Å². The average molecular weight is 270 g/mol. The number of aromatic nitrogens is 2. The number of rotatable bonds is 3. The molecule has 5 nitrogen and oxygen atoms in total. The third kappa shape index (κ3) is 2.88. The summed E-state index contributed by atoms with van der Waals surface area (Å²) in [5, 5.41) is 2.90. The molecular weight excluding hydrogens is 252 g/mol. The zero-order chi connectivity index (χ0) is 13.8. The third-order valence-corrected chi connectivity index (χ3v) is 3.65. The molecule has 0 saturated carbocycles. The molecule has 1 aliphatic heterocycles. The summed E-state index contributed by atoms with van der Waals surface area (Å²) >= 11 is 0. The van der Waals surface area contributed by atoms with Crippen LogP contribution in [0.1, 0.15) is 11.1 Å². The van der Waals surface area contributed by atoms with Crippen LogP contribution in [0.3, 0.4) is 0 Å². The van der Waals surface area contributed by atoms with Crippen LogP contribution in [0.4, 0.5) is 4.79 Å². The number of carbonyl (C=O) groups is 1. The molecule has 2 heterocycles. The van der Waals surface area contributed by atoms with Gasteiger partial charge in [0.1, 0.15) is 6.33 Å². The Morgan fingerprint density at radius 3 is 2.95 bits per heavy atom. The third-order valence-electron chi connectivity index (χ3n) is 3.65. The smallest absolute Gasteiger partial charge is 0.326 e. The molecule has 2 aromatic rings. The molecule has 1 aromatic carbocycles. The second-order valence-corrected chi connectivity index (χ2v) is 5.00. The number of fused-ring (bicyclic) bond motifs is 1. The van der Waals surface area contributed by atoms with Crippen molar-refractivity contribution in [2.24, 2.45) is 0 Å². The molecule has 1 aliphatic rings. The van der Waals surface area contributed by atoms with Crippen molar-refractivity contribution in [1.29, 1.82) is 0 Å². The summed E-state index contributed by atoms with van der Waals surface area (Å²) in [4.78, 5) is 18.0. The molecule has 0 atom stereocenters. The van der Waals surface area contributed by atoms with Crippen LogP contribution in [0.2, 0.25) is 0 Å². The molecule has 0 unspecified atom stereocenters. The van der Waals surface area contributed by atoms with Gasteiger partial charge in [-0.3, -0.25) is 9.47 Å². The number of benzene rings is 1. The molecule has 0 fully saturated rings. The van der Waals surface area contributed by atoms with Gasteiger partial charge in [-0.1, -0.05) is 24.3 Å². The van der Waals surface area contributed by atoms with E-state index >= 15 is 0 Å². The van der Waals surface area contributed by atoms with E-state index in [1.807, 2.05) is 0 Å². The number of nitrogens with one attached hydrogen (secondary N) is 1. The second-order valence-electron chi connectivity index (χ2n) is 5.00. The van der Waals surface area contributed by atoms with Crippen molar-refractivity contribution in [2.75, 3.05) is 19.6 Å². The van der Waals surface area contributed by atoms with Crippen LogP contribution in [0.25, 0.3) is 0 Å². The van der Waals surface area contributed by atoms with Crippen molar-refractivity contribution in [3.8, 4) is 0 Å². The molecule has 1 amide bonds. The van der Waals surface area contributed by atoms with Gasteiger partial charge in [0.05, 0.1) is 0 Å². The molecule has 104 valence electrons. The largest absolute Gasteiger partial charge is 0.336 e. The summed E-state index contributed by atoms with van der Waals surface area (Å²) < 4.78 is 1.45. The lowest BCUT2D eigenvalue weighted by Crippen LogP contribution is -2.38. The molecule has 0 saturated heterocycles. The first-order valence-corrected chi connectivity index (χ1v) is 6.88. The van der Waals surface area contributed by atoms with Crippen LogP contribution in [0.5, 0.6) is 0 Å². The monoisotopic (exact) mass is 270 g/mol. The zero-order valence-corrected chi connectivity index (χ0v) is 11.3. The fourth-order valence-electron chi connectivity index (χ4n) is 2.54. The number of imidazole rings is 1. The van der Waals surface area contributed by atoms with Crippen LogP contribution in [-0.2, 0) is 13.0 Å². The van der Waals surface area contributed by atoms with E-state index in [-0.39, 0.29) is 6.03 Å². The topological polar surface area (TPSA) is 50.2 Å². The summed E-state index contributed by atoms with van der Waals surface area (Å²) in [5.74, 6) is 0. The molecule has 1 aromatic heterocycles. The summed E-state index contributed by atoms with van der Waals surface area (Å²) in [6.07, 6.45) is 5.84. The maximum atomic E-state index is 11.7. The van der Waals surface area contributed by atoms with E-state index in [1.165, 1.54) is 22.0 Å². The normalized spacial score (nSPS) is 14.8. The van der Waals surface area contributed by atoms with Gasteiger partial charge in [-0.05, 0) is 17.5 Å². The molecule has 20 heavy (non-hydrogen) atoms. The zero-order valence-electron chi connectivity index (χ0n) is 11.3. The minimum Gasteiger partial charge on any atom is -0.336 e. The van der Waals surface area contributed by atoms with Crippen molar-refractivity contribution in [3.63, 3.8) is 0 Å². The van der Waals surface area contributed by atoms with Gasteiger partial charge in [0.2, 0.25) is 0 Å². The number of hydrogen-bond donors (Lipinski definition) is 1. The Morgan fingerprint density at radius 2 is 2.15 bits per heavy atom. The van der Waals surface area contributed by atoms with Gasteiger partial charge >= 0.3 is 6.03 Å². The van der Waals surface area contributed by atoms with Crippen LogP contribution in [0, 0.1) is 0 Å². The minimum absolute atomic E-state index is 0.125. The van der Waals surface area contributed by atoms with Gasteiger partial charge in [0.25, 0.3) is 0 Å². The molecule has 0 radical (unpaired) electrons. The number of nitrogens with zero attached hydrogens (tertiary/aromatic N) is 3. The van der Waals surface area contributed by atoms with E-state index in [1.54, 1.807) is 12.4 Å². The Labute approximate surface area is 118 Å². The summed E-state index contributed by atoms with van der Waals surface area (Å²) in [6.45, 7) is 3.54. The van der Waals surface area contributed by atoms with E-state index in [0.29, 0.717) is 6.54 Å². The fourth-order valence-corrected chi connectivity index (χ4v) is 2.54. The van der Waals surface area contributed by atoms with Crippen molar-refractivity contribution in [3.05, 3.63) is 54.1 Å². The van der Waals surface area contributed by atoms with Crippen molar-refractivity contribution in [1.82, 2.24) is 19.8 Å². The minimum atomic E-state index is -0.125. The first kappa shape index (κ1) is 12.9. The highest BCUT2D eigenvalue weighted by molar-refractivity contribution is 5.76. The van der Waals surface area contributed by atoms with Gasteiger partial charge in [0, 0.05) is 38.6 Å².